The number of piperazine rings is 1. The lowest BCUT2D eigenvalue weighted by Gasteiger charge is -2.35. The van der Waals surface area contributed by atoms with Crippen LogP contribution in [0, 0.1) is 0 Å². The zero-order valence-corrected chi connectivity index (χ0v) is 16.7. The number of nitrogens with zero attached hydrogens (tertiary/aromatic N) is 5. The second-order valence-electron chi connectivity index (χ2n) is 7.82. The minimum atomic E-state index is -3.28. The summed E-state index contributed by atoms with van der Waals surface area (Å²) in [6.07, 6.45) is 6.92. The molecule has 0 saturated carbocycles. The summed E-state index contributed by atoms with van der Waals surface area (Å²) in [6.45, 7) is 10.5. The average molecular weight is 378 g/mol. The summed E-state index contributed by atoms with van der Waals surface area (Å²) in [4.78, 5) is 9.05. The summed E-state index contributed by atoms with van der Waals surface area (Å²) < 4.78 is 26.0. The largest absolute Gasteiger partial charge is 0.353 e. The Morgan fingerprint density at radius 2 is 1.85 bits per heavy atom. The molecular weight excluding hydrogens is 350 g/mol. The molecule has 2 aromatic heterocycles. The van der Waals surface area contributed by atoms with E-state index in [2.05, 4.69) is 46.9 Å². The highest BCUT2D eigenvalue weighted by molar-refractivity contribution is 7.90. The number of hydrogen-bond acceptors (Lipinski definition) is 6. The number of anilines is 1. The average Bonchev–Trinajstić information content (AvgIpc) is 3.04. The maximum Gasteiger partial charge on any atom is 0.179 e. The molecule has 1 aliphatic rings. The second kappa shape index (κ2) is 7.00. The minimum absolute atomic E-state index is 0.0159. The van der Waals surface area contributed by atoms with Gasteiger partial charge in [-0.25, -0.2) is 13.4 Å². The van der Waals surface area contributed by atoms with Crippen LogP contribution >= 0.6 is 0 Å². The molecule has 0 N–H and O–H groups in total. The molecular formula is C18H27N5O2S. The Morgan fingerprint density at radius 1 is 1.15 bits per heavy atom. The first-order valence-electron chi connectivity index (χ1n) is 8.81. The van der Waals surface area contributed by atoms with Gasteiger partial charge < -0.3 is 4.90 Å². The number of sulfone groups is 1. The van der Waals surface area contributed by atoms with Crippen LogP contribution in [-0.4, -0.2) is 60.5 Å². The Hall–Kier alpha value is -1.93. The van der Waals surface area contributed by atoms with Gasteiger partial charge in [-0.05, 0) is 32.9 Å². The van der Waals surface area contributed by atoms with Crippen LogP contribution < -0.4 is 4.90 Å². The van der Waals surface area contributed by atoms with Crippen LogP contribution in [0.5, 0.6) is 0 Å². The Kier molecular flexibility index (Phi) is 5.07. The molecule has 0 amide bonds. The van der Waals surface area contributed by atoms with E-state index in [0.29, 0.717) is 10.7 Å². The van der Waals surface area contributed by atoms with Crippen molar-refractivity contribution in [3.05, 3.63) is 36.3 Å². The van der Waals surface area contributed by atoms with Crippen molar-refractivity contribution in [2.24, 2.45) is 0 Å². The van der Waals surface area contributed by atoms with E-state index in [1.165, 1.54) is 11.8 Å². The molecule has 26 heavy (non-hydrogen) atoms. The van der Waals surface area contributed by atoms with Crippen molar-refractivity contribution in [1.82, 2.24) is 19.7 Å². The third-order valence-corrected chi connectivity index (χ3v) is 5.67. The Morgan fingerprint density at radius 3 is 2.42 bits per heavy atom. The minimum Gasteiger partial charge on any atom is -0.353 e. The number of hydrogen-bond donors (Lipinski definition) is 0. The van der Waals surface area contributed by atoms with Crippen LogP contribution in [0.3, 0.4) is 0 Å². The van der Waals surface area contributed by atoms with E-state index in [1.807, 2.05) is 10.9 Å². The Balaban J connectivity index is 1.64. The highest BCUT2D eigenvalue weighted by atomic mass is 32.2. The van der Waals surface area contributed by atoms with Gasteiger partial charge in [0.05, 0.1) is 11.7 Å². The van der Waals surface area contributed by atoms with Crippen LogP contribution in [0.15, 0.2) is 35.6 Å². The Bertz CT molecular complexity index is 862. The van der Waals surface area contributed by atoms with Crippen LogP contribution in [0.1, 0.15) is 26.3 Å². The van der Waals surface area contributed by atoms with Gasteiger partial charge in [0.15, 0.2) is 9.84 Å². The van der Waals surface area contributed by atoms with Gasteiger partial charge in [-0.3, -0.25) is 9.58 Å². The molecule has 3 rings (SSSR count). The lowest BCUT2D eigenvalue weighted by molar-refractivity contribution is 0.248. The summed E-state index contributed by atoms with van der Waals surface area (Å²) in [5, 5.41) is 4.46. The fourth-order valence-electron chi connectivity index (χ4n) is 3.09. The lowest BCUT2D eigenvalue weighted by Crippen LogP contribution is -2.46. The van der Waals surface area contributed by atoms with E-state index in [0.717, 1.165) is 32.7 Å². The SMILES string of the molecule is CC(C)(C)n1cc(CN2CCN(c3ncccc3S(C)(=O)=O)CC2)cn1. The number of pyridine rings is 1. The van der Waals surface area contributed by atoms with Gasteiger partial charge in [0, 0.05) is 56.9 Å². The quantitative estimate of drug-likeness (QED) is 0.809. The number of aromatic nitrogens is 3. The van der Waals surface area contributed by atoms with Gasteiger partial charge >= 0.3 is 0 Å². The molecule has 0 radical (unpaired) electrons. The standard InChI is InChI=1S/C18H27N5O2S/c1-18(2,3)23-14-15(12-20-23)13-21-8-10-22(11-9-21)17-16(26(4,24)25)6-5-7-19-17/h5-7,12,14H,8-11,13H2,1-4H3. The molecule has 7 nitrogen and oxygen atoms in total. The van der Waals surface area contributed by atoms with Gasteiger partial charge in [-0.2, -0.15) is 5.10 Å². The molecule has 3 heterocycles. The van der Waals surface area contributed by atoms with Crippen LogP contribution in [0.25, 0.3) is 0 Å². The molecule has 1 aliphatic heterocycles. The molecule has 8 heteroatoms. The normalized spacial score (nSPS) is 16.8. The van der Waals surface area contributed by atoms with E-state index in [-0.39, 0.29) is 5.54 Å². The van der Waals surface area contributed by atoms with Crippen molar-refractivity contribution < 1.29 is 8.42 Å². The highest BCUT2D eigenvalue weighted by Crippen LogP contribution is 2.23. The second-order valence-corrected chi connectivity index (χ2v) is 9.81. The van der Waals surface area contributed by atoms with E-state index in [1.54, 1.807) is 18.3 Å². The predicted molar refractivity (Wildman–Crippen MR) is 102 cm³/mol. The van der Waals surface area contributed by atoms with Gasteiger partial charge in [0.2, 0.25) is 0 Å². The van der Waals surface area contributed by atoms with Crippen LogP contribution in [-0.2, 0) is 21.9 Å². The highest BCUT2D eigenvalue weighted by Gasteiger charge is 2.24. The molecule has 1 saturated heterocycles. The molecule has 1 fully saturated rings. The first-order valence-corrected chi connectivity index (χ1v) is 10.7. The smallest absolute Gasteiger partial charge is 0.179 e. The van der Waals surface area contributed by atoms with Crippen molar-refractivity contribution in [2.45, 2.75) is 37.8 Å². The van der Waals surface area contributed by atoms with Crippen molar-refractivity contribution >= 4 is 15.7 Å². The number of rotatable bonds is 4. The predicted octanol–water partition coefficient (Wildman–Crippen LogP) is 1.76. The summed E-state index contributed by atoms with van der Waals surface area (Å²) in [5.74, 6) is 0.565. The molecule has 2 aromatic rings. The molecule has 0 aliphatic carbocycles. The summed E-state index contributed by atoms with van der Waals surface area (Å²) in [7, 11) is -3.28. The molecule has 0 aromatic carbocycles. The lowest BCUT2D eigenvalue weighted by atomic mass is 10.1. The molecule has 0 spiro atoms. The van der Waals surface area contributed by atoms with Gasteiger partial charge in [0.25, 0.3) is 0 Å². The molecule has 0 atom stereocenters. The van der Waals surface area contributed by atoms with Gasteiger partial charge in [-0.1, -0.05) is 0 Å². The van der Waals surface area contributed by atoms with Crippen molar-refractivity contribution in [3.63, 3.8) is 0 Å². The van der Waals surface area contributed by atoms with Gasteiger partial charge in [-0.15, -0.1) is 0 Å². The monoisotopic (exact) mass is 377 g/mol. The van der Waals surface area contributed by atoms with Crippen molar-refractivity contribution in [1.29, 1.82) is 0 Å². The maximum atomic E-state index is 12.0. The molecule has 0 unspecified atom stereocenters. The summed E-state index contributed by atoms with van der Waals surface area (Å²) in [6, 6.07) is 3.30. The third-order valence-electron chi connectivity index (χ3n) is 4.55. The van der Waals surface area contributed by atoms with E-state index in [4.69, 9.17) is 0 Å². The van der Waals surface area contributed by atoms with E-state index >= 15 is 0 Å². The molecule has 0 bridgehead atoms. The van der Waals surface area contributed by atoms with E-state index in [9.17, 15) is 8.42 Å². The first-order chi connectivity index (χ1) is 12.1. The fraction of sp³-hybridized carbons (Fsp3) is 0.556. The third kappa shape index (κ3) is 4.24. The first kappa shape index (κ1) is 18.8. The summed E-state index contributed by atoms with van der Waals surface area (Å²) >= 11 is 0. The van der Waals surface area contributed by atoms with E-state index < -0.39 is 9.84 Å². The fourth-order valence-corrected chi connectivity index (χ4v) is 3.93. The van der Waals surface area contributed by atoms with Crippen LogP contribution in [0.2, 0.25) is 0 Å². The summed E-state index contributed by atoms with van der Waals surface area (Å²) in [5.41, 5.74) is 1.18. The zero-order valence-electron chi connectivity index (χ0n) is 15.9. The van der Waals surface area contributed by atoms with Gasteiger partial charge in [0.1, 0.15) is 10.7 Å². The molecule has 142 valence electrons. The zero-order chi connectivity index (χ0) is 18.9. The topological polar surface area (TPSA) is 71.3 Å². The Labute approximate surface area is 155 Å². The van der Waals surface area contributed by atoms with Crippen molar-refractivity contribution in [2.75, 3.05) is 37.3 Å². The maximum absolute atomic E-state index is 12.0. The van der Waals surface area contributed by atoms with Crippen LogP contribution in [0.4, 0.5) is 5.82 Å². The van der Waals surface area contributed by atoms with Crippen molar-refractivity contribution in [3.8, 4) is 0 Å².